The van der Waals surface area contributed by atoms with E-state index in [0.29, 0.717) is 13.2 Å². The number of hydrogen-bond acceptors (Lipinski definition) is 6. The second-order valence-corrected chi connectivity index (χ2v) is 7.05. The van der Waals surface area contributed by atoms with Crippen LogP contribution in [0.5, 0.6) is 11.5 Å². The van der Waals surface area contributed by atoms with Crippen LogP contribution < -0.4 is 19.3 Å². The number of para-hydroxylation sites is 1. The predicted molar refractivity (Wildman–Crippen MR) is 108 cm³/mol. The van der Waals surface area contributed by atoms with Gasteiger partial charge in [-0.25, -0.2) is 0 Å². The highest BCUT2D eigenvalue weighted by molar-refractivity contribution is 5.63. The topological polar surface area (TPSA) is 55.7 Å². The van der Waals surface area contributed by atoms with Gasteiger partial charge in [-0.15, -0.1) is 10.2 Å². The van der Waals surface area contributed by atoms with Crippen molar-refractivity contribution in [3.63, 3.8) is 0 Å². The number of aromatic nitrogens is 3. The molecule has 144 valence electrons. The highest BCUT2D eigenvalue weighted by Gasteiger charge is 2.23. The summed E-state index contributed by atoms with van der Waals surface area (Å²) in [5, 5.41) is 8.92. The van der Waals surface area contributed by atoms with Gasteiger partial charge in [0.2, 0.25) is 5.95 Å². The van der Waals surface area contributed by atoms with Gasteiger partial charge in [-0.05, 0) is 30.3 Å². The lowest BCUT2D eigenvalue weighted by Crippen LogP contribution is -2.47. The average molecular weight is 377 g/mol. The van der Waals surface area contributed by atoms with Gasteiger partial charge in [-0.1, -0.05) is 18.2 Å². The van der Waals surface area contributed by atoms with Gasteiger partial charge in [0.1, 0.15) is 13.2 Å². The number of ether oxygens (including phenoxy) is 2. The molecule has 0 amide bonds. The van der Waals surface area contributed by atoms with Gasteiger partial charge >= 0.3 is 0 Å². The fourth-order valence-corrected chi connectivity index (χ4v) is 3.83. The number of anilines is 2. The van der Waals surface area contributed by atoms with Gasteiger partial charge in [-0.3, -0.25) is 4.57 Å². The van der Waals surface area contributed by atoms with Crippen molar-refractivity contribution < 1.29 is 9.47 Å². The van der Waals surface area contributed by atoms with E-state index in [0.717, 1.165) is 55.0 Å². The Morgan fingerprint density at radius 1 is 0.786 bits per heavy atom. The van der Waals surface area contributed by atoms with E-state index in [9.17, 15) is 0 Å². The lowest BCUT2D eigenvalue weighted by Gasteiger charge is -2.36. The Balaban J connectivity index is 1.34. The Bertz CT molecular complexity index is 964. The van der Waals surface area contributed by atoms with E-state index in [-0.39, 0.29) is 0 Å². The highest BCUT2D eigenvalue weighted by Crippen LogP contribution is 2.34. The summed E-state index contributed by atoms with van der Waals surface area (Å²) >= 11 is 0. The SMILES string of the molecule is Cn1c(-c2ccc3c(c2)OCCO3)nnc1N1CCN(c2ccccc2)CC1. The van der Waals surface area contributed by atoms with Crippen LogP contribution in [0.15, 0.2) is 48.5 Å². The Hall–Kier alpha value is -3.22. The second-order valence-electron chi connectivity index (χ2n) is 7.05. The summed E-state index contributed by atoms with van der Waals surface area (Å²) in [7, 11) is 2.02. The molecule has 0 N–H and O–H groups in total. The Kier molecular flexibility index (Phi) is 4.27. The van der Waals surface area contributed by atoms with Gasteiger partial charge in [-0.2, -0.15) is 0 Å². The van der Waals surface area contributed by atoms with E-state index in [1.807, 2.05) is 25.2 Å². The van der Waals surface area contributed by atoms with E-state index in [1.165, 1.54) is 5.69 Å². The Labute approximate surface area is 164 Å². The summed E-state index contributed by atoms with van der Waals surface area (Å²) in [4.78, 5) is 4.71. The van der Waals surface area contributed by atoms with Crippen LogP contribution in [0.3, 0.4) is 0 Å². The first kappa shape index (κ1) is 16.9. The van der Waals surface area contributed by atoms with E-state index in [1.54, 1.807) is 0 Å². The number of hydrogen-bond donors (Lipinski definition) is 0. The molecule has 1 aromatic heterocycles. The molecule has 3 heterocycles. The van der Waals surface area contributed by atoms with E-state index < -0.39 is 0 Å². The summed E-state index contributed by atoms with van der Waals surface area (Å²) in [6, 6.07) is 16.5. The molecular weight excluding hydrogens is 354 g/mol. The minimum absolute atomic E-state index is 0.576. The summed E-state index contributed by atoms with van der Waals surface area (Å²) in [5.41, 5.74) is 2.26. The van der Waals surface area contributed by atoms with Crippen molar-refractivity contribution in [2.45, 2.75) is 0 Å². The van der Waals surface area contributed by atoms with Crippen LogP contribution in [-0.2, 0) is 7.05 Å². The summed E-state index contributed by atoms with van der Waals surface area (Å²) < 4.78 is 13.4. The molecule has 0 unspecified atom stereocenters. The van der Waals surface area contributed by atoms with Crippen molar-refractivity contribution in [3.05, 3.63) is 48.5 Å². The maximum Gasteiger partial charge on any atom is 0.227 e. The van der Waals surface area contributed by atoms with Crippen LogP contribution in [0, 0.1) is 0 Å². The molecule has 3 aromatic rings. The molecule has 0 spiro atoms. The van der Waals surface area contributed by atoms with E-state index >= 15 is 0 Å². The lowest BCUT2D eigenvalue weighted by molar-refractivity contribution is 0.171. The number of piperazine rings is 1. The highest BCUT2D eigenvalue weighted by atomic mass is 16.6. The maximum atomic E-state index is 5.70. The van der Waals surface area contributed by atoms with Crippen molar-refractivity contribution >= 4 is 11.6 Å². The molecule has 0 bridgehead atoms. The minimum Gasteiger partial charge on any atom is -0.486 e. The molecule has 0 radical (unpaired) electrons. The second kappa shape index (κ2) is 7.07. The normalized spacial score (nSPS) is 16.3. The quantitative estimate of drug-likeness (QED) is 0.699. The maximum absolute atomic E-state index is 5.70. The van der Waals surface area contributed by atoms with Crippen molar-refractivity contribution in [1.29, 1.82) is 0 Å². The smallest absolute Gasteiger partial charge is 0.227 e. The number of nitrogens with zero attached hydrogens (tertiary/aromatic N) is 5. The summed E-state index contributed by atoms with van der Waals surface area (Å²) in [5.74, 6) is 3.29. The van der Waals surface area contributed by atoms with Crippen LogP contribution >= 0.6 is 0 Å². The predicted octanol–water partition coefficient (Wildman–Crippen LogP) is 2.58. The molecule has 7 nitrogen and oxygen atoms in total. The first-order valence-electron chi connectivity index (χ1n) is 9.64. The van der Waals surface area contributed by atoms with Crippen LogP contribution in [-0.4, -0.2) is 54.2 Å². The first-order chi connectivity index (χ1) is 13.8. The van der Waals surface area contributed by atoms with Crippen molar-refractivity contribution in [2.24, 2.45) is 7.05 Å². The van der Waals surface area contributed by atoms with Crippen LogP contribution in [0.2, 0.25) is 0 Å². The molecule has 0 aliphatic carbocycles. The average Bonchev–Trinajstić information content (AvgIpc) is 3.15. The third-order valence-corrected chi connectivity index (χ3v) is 5.34. The molecule has 0 saturated carbocycles. The van der Waals surface area contributed by atoms with Gasteiger partial charge in [0.05, 0.1) is 0 Å². The molecule has 5 rings (SSSR count). The van der Waals surface area contributed by atoms with E-state index in [2.05, 4.69) is 54.9 Å². The van der Waals surface area contributed by atoms with Crippen molar-refractivity contribution in [3.8, 4) is 22.9 Å². The van der Waals surface area contributed by atoms with Crippen LogP contribution in [0.4, 0.5) is 11.6 Å². The summed E-state index contributed by atoms with van der Waals surface area (Å²) in [6.07, 6.45) is 0. The lowest BCUT2D eigenvalue weighted by atomic mass is 10.2. The molecule has 0 atom stereocenters. The monoisotopic (exact) mass is 377 g/mol. The zero-order chi connectivity index (χ0) is 18.9. The number of benzene rings is 2. The number of fused-ring (bicyclic) bond motifs is 1. The zero-order valence-corrected chi connectivity index (χ0v) is 15.9. The molecule has 7 heteroatoms. The van der Waals surface area contributed by atoms with Gasteiger partial charge in [0.25, 0.3) is 0 Å². The molecule has 2 aliphatic heterocycles. The largest absolute Gasteiger partial charge is 0.486 e. The van der Waals surface area contributed by atoms with Crippen LogP contribution in [0.1, 0.15) is 0 Å². The third-order valence-electron chi connectivity index (χ3n) is 5.34. The van der Waals surface area contributed by atoms with Gasteiger partial charge < -0.3 is 19.3 Å². The Morgan fingerprint density at radius 2 is 1.50 bits per heavy atom. The molecule has 1 fully saturated rings. The molecule has 2 aliphatic rings. The number of rotatable bonds is 3. The molecule has 1 saturated heterocycles. The molecule has 28 heavy (non-hydrogen) atoms. The Morgan fingerprint density at radius 3 is 2.29 bits per heavy atom. The van der Waals surface area contributed by atoms with Crippen molar-refractivity contribution in [1.82, 2.24) is 14.8 Å². The van der Waals surface area contributed by atoms with Crippen molar-refractivity contribution in [2.75, 3.05) is 49.2 Å². The standard InChI is InChI=1S/C21H23N5O2/c1-24-20(16-7-8-18-19(15-16)28-14-13-27-18)22-23-21(24)26-11-9-25(10-12-26)17-5-3-2-4-6-17/h2-8,15H,9-14H2,1H3. The molecule has 2 aromatic carbocycles. The molecular formula is C21H23N5O2. The van der Waals surface area contributed by atoms with Crippen LogP contribution in [0.25, 0.3) is 11.4 Å². The zero-order valence-electron chi connectivity index (χ0n) is 15.9. The summed E-state index contributed by atoms with van der Waals surface area (Å²) in [6.45, 7) is 4.94. The third kappa shape index (κ3) is 3.02. The van der Waals surface area contributed by atoms with E-state index in [4.69, 9.17) is 9.47 Å². The van der Waals surface area contributed by atoms with Gasteiger partial charge in [0.15, 0.2) is 17.3 Å². The fraction of sp³-hybridized carbons (Fsp3) is 0.333. The minimum atomic E-state index is 0.576. The van der Waals surface area contributed by atoms with Gasteiger partial charge in [0, 0.05) is 44.5 Å². The first-order valence-corrected chi connectivity index (χ1v) is 9.64. The fourth-order valence-electron chi connectivity index (χ4n) is 3.83.